The highest BCUT2D eigenvalue weighted by molar-refractivity contribution is 7.99. The summed E-state index contributed by atoms with van der Waals surface area (Å²) < 4.78 is 5.65. The largest absolute Gasteiger partial charge is 0.491 e. The van der Waals surface area contributed by atoms with Crippen LogP contribution in [0.15, 0.2) is 24.3 Å². The Morgan fingerprint density at radius 3 is 2.95 bits per heavy atom. The fraction of sp³-hybridized carbons (Fsp3) is 0.533. The summed E-state index contributed by atoms with van der Waals surface area (Å²) in [5, 5.41) is 0. The first-order chi connectivity index (χ1) is 9.08. The maximum Gasteiger partial charge on any atom is 0.180 e. The van der Waals surface area contributed by atoms with Crippen LogP contribution in [0, 0.1) is 0 Å². The summed E-state index contributed by atoms with van der Waals surface area (Å²) in [5.41, 5.74) is 0.748. The molecule has 2 rings (SSSR count). The third-order valence-corrected chi connectivity index (χ3v) is 4.21. The number of hydrogen-bond donors (Lipinski definition) is 0. The van der Waals surface area contributed by atoms with E-state index in [0.29, 0.717) is 0 Å². The first-order valence-corrected chi connectivity index (χ1v) is 7.82. The Morgan fingerprint density at radius 1 is 1.47 bits per heavy atom. The lowest BCUT2D eigenvalue weighted by atomic mass is 10.0. The maximum atomic E-state index is 12.5. The van der Waals surface area contributed by atoms with Crippen LogP contribution in [0.4, 0.5) is 0 Å². The van der Waals surface area contributed by atoms with Gasteiger partial charge in [0.15, 0.2) is 5.78 Å². The van der Waals surface area contributed by atoms with Crippen molar-refractivity contribution in [3.8, 4) is 5.75 Å². The van der Waals surface area contributed by atoms with Crippen LogP contribution in [-0.4, -0.2) is 47.9 Å². The lowest BCUT2D eigenvalue weighted by molar-refractivity contribution is 0.0874. The number of benzene rings is 1. The highest BCUT2D eigenvalue weighted by Gasteiger charge is 2.27. The number of rotatable bonds is 4. The Kier molecular flexibility index (Phi) is 4.88. The summed E-state index contributed by atoms with van der Waals surface area (Å²) in [5.74, 6) is 2.96. The van der Waals surface area contributed by atoms with Gasteiger partial charge in [-0.3, -0.25) is 9.69 Å². The zero-order valence-corrected chi connectivity index (χ0v) is 12.6. The lowest BCUT2D eigenvalue weighted by Gasteiger charge is -2.30. The minimum atomic E-state index is -0.00644. The predicted molar refractivity (Wildman–Crippen MR) is 80.3 cm³/mol. The quantitative estimate of drug-likeness (QED) is 0.793. The molecule has 1 aromatic carbocycles. The molecule has 0 N–H and O–H groups in total. The van der Waals surface area contributed by atoms with Gasteiger partial charge in [0.2, 0.25) is 0 Å². The van der Waals surface area contributed by atoms with E-state index in [4.69, 9.17) is 4.74 Å². The number of carbonyl (C=O) groups excluding carboxylic acids is 1. The van der Waals surface area contributed by atoms with E-state index in [-0.39, 0.29) is 17.9 Å². The molecule has 1 saturated heterocycles. The van der Waals surface area contributed by atoms with Gasteiger partial charge in [0, 0.05) is 23.6 Å². The fourth-order valence-electron chi connectivity index (χ4n) is 2.15. The molecule has 0 spiro atoms. The van der Waals surface area contributed by atoms with Crippen LogP contribution in [0.3, 0.4) is 0 Å². The van der Waals surface area contributed by atoms with Gasteiger partial charge in [-0.05, 0) is 33.0 Å². The Balaban J connectivity index is 2.14. The minimum Gasteiger partial charge on any atom is -0.491 e. The van der Waals surface area contributed by atoms with Gasteiger partial charge in [-0.15, -0.1) is 0 Å². The fourth-order valence-corrected chi connectivity index (χ4v) is 3.36. The van der Waals surface area contributed by atoms with Crippen molar-refractivity contribution in [1.29, 1.82) is 0 Å². The second kappa shape index (κ2) is 6.44. The molecule has 4 heteroatoms. The van der Waals surface area contributed by atoms with Crippen LogP contribution in [0.2, 0.25) is 0 Å². The summed E-state index contributed by atoms with van der Waals surface area (Å²) >= 11 is 1.85. The van der Waals surface area contributed by atoms with Crippen molar-refractivity contribution in [1.82, 2.24) is 4.90 Å². The zero-order valence-electron chi connectivity index (χ0n) is 11.8. The molecule has 3 nitrogen and oxygen atoms in total. The number of nitrogens with zero attached hydrogens (tertiary/aromatic N) is 1. The summed E-state index contributed by atoms with van der Waals surface area (Å²) in [7, 11) is 2.02. The number of likely N-dealkylation sites (N-methyl/N-ethyl adjacent to an activating group) is 1. The normalized spacial score (nSPS) is 20.5. The Morgan fingerprint density at radius 2 is 2.26 bits per heavy atom. The third-order valence-electron chi connectivity index (χ3n) is 3.19. The Hall–Kier alpha value is -1.00. The zero-order chi connectivity index (χ0) is 13.8. The minimum absolute atomic E-state index is 0.00644. The molecule has 1 heterocycles. The van der Waals surface area contributed by atoms with Crippen LogP contribution < -0.4 is 4.74 Å². The Bertz CT molecular complexity index is 448. The van der Waals surface area contributed by atoms with Crippen molar-refractivity contribution in [2.45, 2.75) is 26.0 Å². The van der Waals surface area contributed by atoms with Gasteiger partial charge in [-0.25, -0.2) is 0 Å². The van der Waals surface area contributed by atoms with E-state index < -0.39 is 0 Å². The van der Waals surface area contributed by atoms with Crippen molar-refractivity contribution in [2.75, 3.05) is 25.1 Å². The average molecular weight is 279 g/mol. The summed E-state index contributed by atoms with van der Waals surface area (Å²) in [6.07, 6.45) is 0.123. The predicted octanol–water partition coefficient (Wildman–Crippen LogP) is 2.70. The highest BCUT2D eigenvalue weighted by Crippen LogP contribution is 2.21. The van der Waals surface area contributed by atoms with Crippen LogP contribution in [0.25, 0.3) is 0 Å². The van der Waals surface area contributed by atoms with Crippen molar-refractivity contribution in [3.05, 3.63) is 29.8 Å². The summed E-state index contributed by atoms with van der Waals surface area (Å²) in [4.78, 5) is 14.7. The molecule has 0 radical (unpaired) electrons. The van der Waals surface area contributed by atoms with Gasteiger partial charge >= 0.3 is 0 Å². The standard InChI is InChI=1S/C15H21NO2S/c1-11(2)18-13-6-4-5-12(9-13)15(17)14-10-19-8-7-16(14)3/h4-6,9,11,14H,7-8,10H2,1-3H3. The number of Topliss-reactive ketones (excluding diaryl/α,β-unsaturated/α-hetero) is 1. The maximum absolute atomic E-state index is 12.5. The van der Waals surface area contributed by atoms with E-state index >= 15 is 0 Å². The molecule has 0 aromatic heterocycles. The average Bonchev–Trinajstić information content (AvgIpc) is 2.38. The van der Waals surface area contributed by atoms with Gasteiger partial charge in [0.25, 0.3) is 0 Å². The monoisotopic (exact) mass is 279 g/mol. The van der Waals surface area contributed by atoms with E-state index in [1.165, 1.54) is 0 Å². The molecule has 0 bridgehead atoms. The van der Waals surface area contributed by atoms with Gasteiger partial charge < -0.3 is 4.74 Å². The van der Waals surface area contributed by atoms with Crippen LogP contribution in [-0.2, 0) is 0 Å². The van der Waals surface area contributed by atoms with E-state index in [1.807, 2.05) is 56.9 Å². The summed E-state index contributed by atoms with van der Waals surface area (Å²) in [6.45, 7) is 4.95. The van der Waals surface area contributed by atoms with E-state index in [2.05, 4.69) is 4.90 Å². The van der Waals surface area contributed by atoms with Crippen LogP contribution in [0.5, 0.6) is 5.75 Å². The third kappa shape index (κ3) is 3.74. The molecule has 0 amide bonds. The van der Waals surface area contributed by atoms with Crippen molar-refractivity contribution >= 4 is 17.5 Å². The number of ether oxygens (including phenoxy) is 1. The van der Waals surface area contributed by atoms with Crippen molar-refractivity contribution in [2.24, 2.45) is 0 Å². The molecule has 1 aliphatic heterocycles. The number of ketones is 1. The van der Waals surface area contributed by atoms with Gasteiger partial charge in [-0.1, -0.05) is 12.1 Å². The van der Waals surface area contributed by atoms with Gasteiger partial charge in [-0.2, -0.15) is 11.8 Å². The molecular formula is C15H21NO2S. The lowest BCUT2D eigenvalue weighted by Crippen LogP contribution is -2.44. The number of hydrogen-bond acceptors (Lipinski definition) is 4. The second-order valence-corrected chi connectivity index (χ2v) is 6.28. The highest BCUT2D eigenvalue weighted by atomic mass is 32.2. The van der Waals surface area contributed by atoms with E-state index in [0.717, 1.165) is 29.4 Å². The van der Waals surface area contributed by atoms with Crippen molar-refractivity contribution in [3.63, 3.8) is 0 Å². The molecule has 1 aliphatic rings. The van der Waals surface area contributed by atoms with E-state index in [1.54, 1.807) is 0 Å². The smallest absolute Gasteiger partial charge is 0.180 e. The summed E-state index contributed by atoms with van der Waals surface area (Å²) in [6, 6.07) is 7.52. The Labute approximate surface area is 119 Å². The molecule has 0 saturated carbocycles. The molecule has 104 valence electrons. The molecule has 0 aliphatic carbocycles. The van der Waals surface area contributed by atoms with Crippen LogP contribution in [0.1, 0.15) is 24.2 Å². The van der Waals surface area contributed by atoms with E-state index in [9.17, 15) is 4.79 Å². The van der Waals surface area contributed by atoms with Crippen LogP contribution >= 0.6 is 11.8 Å². The first kappa shape index (κ1) is 14.4. The molecule has 1 atom stereocenters. The topological polar surface area (TPSA) is 29.5 Å². The number of carbonyl (C=O) groups is 1. The number of thioether (sulfide) groups is 1. The molecule has 1 aromatic rings. The van der Waals surface area contributed by atoms with Gasteiger partial charge in [0.1, 0.15) is 5.75 Å². The van der Waals surface area contributed by atoms with Crippen molar-refractivity contribution < 1.29 is 9.53 Å². The first-order valence-electron chi connectivity index (χ1n) is 6.67. The second-order valence-electron chi connectivity index (χ2n) is 5.13. The molecule has 1 fully saturated rings. The SMILES string of the molecule is CC(C)Oc1cccc(C(=O)C2CSCCN2C)c1. The van der Waals surface area contributed by atoms with Gasteiger partial charge in [0.05, 0.1) is 12.1 Å². The molecule has 19 heavy (non-hydrogen) atoms. The molecule has 1 unspecified atom stereocenters. The molecular weight excluding hydrogens is 258 g/mol.